The Balaban J connectivity index is 1.48. The van der Waals surface area contributed by atoms with E-state index in [4.69, 9.17) is 25.8 Å². The minimum Gasteiger partial charge on any atom is -0.497 e. The summed E-state index contributed by atoms with van der Waals surface area (Å²) in [6.07, 6.45) is 0.209. The molecule has 2 aromatic carbocycles. The number of rotatable bonds is 9. The van der Waals surface area contributed by atoms with E-state index in [1.807, 2.05) is 41.0 Å². The zero-order valence-electron chi connectivity index (χ0n) is 17.3. The van der Waals surface area contributed by atoms with Gasteiger partial charge in [-0.05, 0) is 42.0 Å². The lowest BCUT2D eigenvalue weighted by molar-refractivity contribution is -0.120. The van der Waals surface area contributed by atoms with Crippen molar-refractivity contribution in [1.82, 2.24) is 20.1 Å². The largest absolute Gasteiger partial charge is 0.497 e. The van der Waals surface area contributed by atoms with E-state index >= 15 is 0 Å². The Morgan fingerprint density at radius 1 is 1.22 bits per heavy atom. The summed E-state index contributed by atoms with van der Waals surface area (Å²) in [6.45, 7) is 4.13. The van der Waals surface area contributed by atoms with E-state index in [9.17, 15) is 4.79 Å². The maximum Gasteiger partial charge on any atom is 0.231 e. The Morgan fingerprint density at radius 2 is 2.00 bits per heavy atom. The molecule has 0 saturated heterocycles. The van der Waals surface area contributed by atoms with Crippen molar-refractivity contribution in [2.45, 2.75) is 18.1 Å². The Bertz CT molecular complexity index is 1130. The highest BCUT2D eigenvalue weighted by atomic mass is 35.5. The minimum atomic E-state index is -0.142. The molecule has 1 aliphatic rings. The third kappa shape index (κ3) is 5.17. The van der Waals surface area contributed by atoms with E-state index in [1.54, 1.807) is 13.2 Å². The summed E-state index contributed by atoms with van der Waals surface area (Å²) in [5, 5.41) is 12.6. The predicted molar refractivity (Wildman–Crippen MR) is 122 cm³/mol. The van der Waals surface area contributed by atoms with E-state index in [0.717, 1.165) is 17.0 Å². The first-order chi connectivity index (χ1) is 15.5. The van der Waals surface area contributed by atoms with Crippen LogP contribution in [0.2, 0.25) is 0 Å². The first-order valence-corrected chi connectivity index (χ1v) is 11.1. The number of hydrogen-bond acceptors (Lipinski definition) is 7. The number of carbonyl (C=O) groups excluding carboxylic acids is 1. The Morgan fingerprint density at radius 3 is 2.75 bits per heavy atom. The first kappa shape index (κ1) is 22.0. The number of aromatic nitrogens is 3. The molecule has 2 heterocycles. The van der Waals surface area contributed by atoms with Gasteiger partial charge in [0.2, 0.25) is 12.7 Å². The Labute approximate surface area is 194 Å². The third-order valence-electron chi connectivity index (χ3n) is 4.63. The van der Waals surface area contributed by atoms with Gasteiger partial charge in [0, 0.05) is 16.5 Å². The number of carbonyl (C=O) groups is 1. The van der Waals surface area contributed by atoms with Crippen molar-refractivity contribution in [2.75, 3.05) is 19.7 Å². The quantitative estimate of drug-likeness (QED) is 0.475. The number of amides is 1. The van der Waals surface area contributed by atoms with E-state index in [2.05, 4.69) is 22.1 Å². The standard InChI is InChI=1S/C22H21ClN4O4S/c1-14(23)12-32-22-26-25-20(27(22)16-4-6-17(29-2)7-5-16)11-24-21(28)10-15-3-8-18-19(9-15)31-13-30-18/h3-9H,1,10-13H2,2H3,(H,24,28). The lowest BCUT2D eigenvalue weighted by Gasteiger charge is -2.12. The summed E-state index contributed by atoms with van der Waals surface area (Å²) in [5.41, 5.74) is 1.68. The number of ether oxygens (including phenoxy) is 3. The zero-order valence-corrected chi connectivity index (χ0v) is 18.9. The van der Waals surface area contributed by atoms with Gasteiger partial charge in [0.05, 0.1) is 20.1 Å². The van der Waals surface area contributed by atoms with Gasteiger partial charge in [-0.25, -0.2) is 0 Å². The third-order valence-corrected chi connectivity index (χ3v) is 5.94. The lowest BCUT2D eigenvalue weighted by Crippen LogP contribution is -2.26. The molecule has 0 radical (unpaired) electrons. The molecule has 0 bridgehead atoms. The van der Waals surface area contributed by atoms with E-state index in [1.165, 1.54) is 11.8 Å². The van der Waals surface area contributed by atoms with Gasteiger partial charge < -0.3 is 19.5 Å². The lowest BCUT2D eigenvalue weighted by atomic mass is 10.1. The normalized spacial score (nSPS) is 11.9. The van der Waals surface area contributed by atoms with Crippen molar-refractivity contribution in [1.29, 1.82) is 0 Å². The van der Waals surface area contributed by atoms with Crippen LogP contribution in [0.4, 0.5) is 0 Å². The summed E-state index contributed by atoms with van der Waals surface area (Å²) < 4.78 is 17.8. The number of nitrogens with one attached hydrogen (secondary N) is 1. The molecule has 0 aliphatic carbocycles. The van der Waals surface area contributed by atoms with Gasteiger partial charge in [-0.1, -0.05) is 36.0 Å². The van der Waals surface area contributed by atoms with Gasteiger partial charge in [-0.15, -0.1) is 10.2 Å². The molecule has 10 heteroatoms. The molecule has 0 saturated carbocycles. The maximum atomic E-state index is 12.5. The molecule has 0 atom stereocenters. The predicted octanol–water partition coefficient (Wildman–Crippen LogP) is 3.71. The van der Waals surface area contributed by atoms with Gasteiger partial charge in [0.1, 0.15) is 5.75 Å². The van der Waals surface area contributed by atoms with Crippen LogP contribution < -0.4 is 19.5 Å². The van der Waals surface area contributed by atoms with Gasteiger partial charge in [0.15, 0.2) is 22.5 Å². The fourth-order valence-electron chi connectivity index (χ4n) is 3.12. The molecule has 1 N–H and O–H groups in total. The van der Waals surface area contributed by atoms with Crippen LogP contribution in [0.25, 0.3) is 5.69 Å². The summed E-state index contributed by atoms with van der Waals surface area (Å²) in [7, 11) is 1.61. The monoisotopic (exact) mass is 472 g/mol. The second-order valence-electron chi connectivity index (χ2n) is 6.88. The highest BCUT2D eigenvalue weighted by Crippen LogP contribution is 2.32. The molecule has 8 nitrogen and oxygen atoms in total. The van der Waals surface area contributed by atoms with Crippen molar-refractivity contribution in [3.8, 4) is 22.9 Å². The molecule has 1 aliphatic heterocycles. The van der Waals surface area contributed by atoms with Crippen LogP contribution in [0.5, 0.6) is 17.2 Å². The first-order valence-electron chi connectivity index (χ1n) is 9.73. The van der Waals surface area contributed by atoms with Gasteiger partial charge in [0.25, 0.3) is 0 Å². The van der Waals surface area contributed by atoms with Gasteiger partial charge in [-0.2, -0.15) is 0 Å². The second kappa shape index (κ2) is 9.97. The summed E-state index contributed by atoms with van der Waals surface area (Å²) in [4.78, 5) is 12.5. The molecule has 0 unspecified atom stereocenters. The molecular weight excluding hydrogens is 452 g/mol. The van der Waals surface area contributed by atoms with Gasteiger partial charge >= 0.3 is 0 Å². The topological polar surface area (TPSA) is 87.5 Å². The van der Waals surface area contributed by atoms with Crippen molar-refractivity contribution in [3.63, 3.8) is 0 Å². The number of methoxy groups -OCH3 is 1. The fraction of sp³-hybridized carbons (Fsp3) is 0.227. The number of nitrogens with zero attached hydrogens (tertiary/aromatic N) is 3. The molecule has 0 fully saturated rings. The van der Waals surface area contributed by atoms with Crippen LogP contribution in [0, 0.1) is 0 Å². The van der Waals surface area contributed by atoms with Crippen molar-refractivity contribution in [2.24, 2.45) is 0 Å². The maximum absolute atomic E-state index is 12.5. The highest BCUT2D eigenvalue weighted by molar-refractivity contribution is 7.99. The number of hydrogen-bond donors (Lipinski definition) is 1. The van der Waals surface area contributed by atoms with Crippen molar-refractivity contribution in [3.05, 3.63) is 65.5 Å². The van der Waals surface area contributed by atoms with Crippen LogP contribution in [0.15, 0.2) is 59.2 Å². The van der Waals surface area contributed by atoms with E-state index < -0.39 is 0 Å². The summed E-state index contributed by atoms with van der Waals surface area (Å²) in [6, 6.07) is 13.0. The summed E-state index contributed by atoms with van der Waals surface area (Å²) >= 11 is 7.34. The number of halogens is 1. The van der Waals surface area contributed by atoms with Crippen molar-refractivity contribution >= 4 is 29.3 Å². The molecular formula is C22H21ClN4O4S. The average molecular weight is 473 g/mol. The van der Waals surface area contributed by atoms with Crippen molar-refractivity contribution < 1.29 is 19.0 Å². The smallest absolute Gasteiger partial charge is 0.231 e. The minimum absolute atomic E-state index is 0.142. The van der Waals surface area contributed by atoms with Crippen LogP contribution in [-0.2, 0) is 17.8 Å². The van der Waals surface area contributed by atoms with E-state index in [-0.39, 0.29) is 25.7 Å². The molecule has 4 rings (SSSR count). The van der Waals surface area contributed by atoms with E-state index in [0.29, 0.717) is 33.3 Å². The van der Waals surface area contributed by atoms with Crippen LogP contribution >= 0.6 is 23.4 Å². The zero-order chi connectivity index (χ0) is 22.5. The number of benzene rings is 2. The molecule has 1 amide bonds. The second-order valence-corrected chi connectivity index (χ2v) is 8.36. The molecule has 0 spiro atoms. The van der Waals surface area contributed by atoms with Crippen LogP contribution in [0.1, 0.15) is 11.4 Å². The Kier molecular flexibility index (Phi) is 6.87. The summed E-state index contributed by atoms with van der Waals surface area (Å²) in [5.74, 6) is 3.02. The average Bonchev–Trinajstić information content (AvgIpc) is 3.42. The van der Waals surface area contributed by atoms with Crippen LogP contribution in [0.3, 0.4) is 0 Å². The number of fused-ring (bicyclic) bond motifs is 1. The van der Waals surface area contributed by atoms with Crippen LogP contribution in [-0.4, -0.2) is 40.3 Å². The SMILES string of the molecule is C=C(Cl)CSc1nnc(CNC(=O)Cc2ccc3c(c2)OCO3)n1-c1ccc(OC)cc1. The molecule has 3 aromatic rings. The highest BCUT2D eigenvalue weighted by Gasteiger charge is 2.17. The Hall–Kier alpha value is -3.17. The fourth-order valence-corrected chi connectivity index (χ4v) is 4.01. The molecule has 166 valence electrons. The molecule has 32 heavy (non-hydrogen) atoms. The number of thioether (sulfide) groups is 1. The molecule has 1 aromatic heterocycles. The van der Waals surface area contributed by atoms with Gasteiger partial charge in [-0.3, -0.25) is 9.36 Å².